The Balaban J connectivity index is 1.34. The largest absolute Gasteiger partial charge is 0.379 e. The standard InChI is InChI=1S/C24H35N5O2S/c1-17-19-21(28-18-8-13-31-14-18)26-16-27-23(19)32-20(17)22(30)25-15-24(9-4-2-5-10-24)29-11-6-3-7-12-29/h16,18H,2-15H2,1H3,(H,25,30)(H,26,27,28). The Bertz CT molecular complexity index is 943. The van der Waals surface area contributed by atoms with Crippen LogP contribution in [-0.2, 0) is 4.74 Å². The van der Waals surface area contributed by atoms with Crippen LogP contribution in [0, 0.1) is 6.92 Å². The fourth-order valence-corrected chi connectivity index (χ4v) is 6.81. The van der Waals surface area contributed by atoms with Gasteiger partial charge in [0, 0.05) is 18.7 Å². The summed E-state index contributed by atoms with van der Waals surface area (Å²) in [5.74, 6) is 0.845. The molecule has 0 radical (unpaired) electrons. The third-order valence-electron chi connectivity index (χ3n) is 7.59. The van der Waals surface area contributed by atoms with Gasteiger partial charge >= 0.3 is 0 Å². The van der Waals surface area contributed by atoms with Gasteiger partial charge in [0.25, 0.3) is 5.91 Å². The molecular weight excluding hydrogens is 422 g/mol. The monoisotopic (exact) mass is 457 g/mol. The van der Waals surface area contributed by atoms with Crippen molar-refractivity contribution in [1.82, 2.24) is 20.2 Å². The van der Waals surface area contributed by atoms with Crippen molar-refractivity contribution in [1.29, 1.82) is 0 Å². The fourth-order valence-electron chi connectivity index (χ4n) is 5.75. The molecule has 3 aliphatic rings. The average molecular weight is 458 g/mol. The van der Waals surface area contributed by atoms with Crippen molar-refractivity contribution in [3.63, 3.8) is 0 Å². The lowest BCUT2D eigenvalue weighted by atomic mass is 9.79. The first-order valence-electron chi connectivity index (χ1n) is 12.3. The molecule has 0 bridgehead atoms. The van der Waals surface area contributed by atoms with Gasteiger partial charge in [0.15, 0.2) is 0 Å². The number of piperidine rings is 1. The van der Waals surface area contributed by atoms with E-state index in [-0.39, 0.29) is 17.5 Å². The lowest BCUT2D eigenvalue weighted by molar-refractivity contribution is 0.0327. The first-order chi connectivity index (χ1) is 15.7. The Morgan fingerprint density at radius 3 is 2.72 bits per heavy atom. The van der Waals surface area contributed by atoms with Gasteiger partial charge in [-0.3, -0.25) is 9.69 Å². The van der Waals surface area contributed by atoms with E-state index in [4.69, 9.17) is 4.74 Å². The SMILES string of the molecule is Cc1c(C(=O)NCC2(N3CCCCC3)CCCCC2)sc2ncnc(NC3CCOC3)c12. The molecule has 2 saturated heterocycles. The average Bonchev–Trinajstić information content (AvgIpc) is 3.47. The van der Waals surface area contributed by atoms with E-state index >= 15 is 0 Å². The maximum atomic E-state index is 13.4. The van der Waals surface area contributed by atoms with Gasteiger partial charge in [-0.1, -0.05) is 25.7 Å². The first-order valence-corrected chi connectivity index (χ1v) is 13.1. The molecule has 1 aliphatic carbocycles. The van der Waals surface area contributed by atoms with Crippen LogP contribution >= 0.6 is 11.3 Å². The summed E-state index contributed by atoms with van der Waals surface area (Å²) in [4.78, 5) is 26.6. The number of thiophene rings is 1. The minimum Gasteiger partial charge on any atom is -0.379 e. The predicted molar refractivity (Wildman–Crippen MR) is 129 cm³/mol. The number of ether oxygens (including phenoxy) is 1. The Labute approximate surface area is 194 Å². The number of aromatic nitrogens is 2. The van der Waals surface area contributed by atoms with Crippen molar-refractivity contribution in [2.75, 3.05) is 38.2 Å². The van der Waals surface area contributed by atoms with Crippen molar-refractivity contribution < 1.29 is 9.53 Å². The predicted octanol–water partition coefficient (Wildman–Crippen LogP) is 4.12. The lowest BCUT2D eigenvalue weighted by Gasteiger charge is -2.48. The molecule has 2 aromatic heterocycles. The molecule has 1 amide bonds. The summed E-state index contributed by atoms with van der Waals surface area (Å²) in [6, 6.07) is 0.264. The summed E-state index contributed by atoms with van der Waals surface area (Å²) in [6.45, 7) is 6.59. The molecule has 174 valence electrons. The van der Waals surface area contributed by atoms with Gasteiger partial charge < -0.3 is 15.4 Å². The summed E-state index contributed by atoms with van der Waals surface area (Å²) in [6.07, 6.45) is 12.7. The molecule has 3 fully saturated rings. The number of fused-ring (bicyclic) bond motifs is 1. The van der Waals surface area contributed by atoms with Gasteiger partial charge in [0.1, 0.15) is 17.0 Å². The van der Waals surface area contributed by atoms with Crippen molar-refractivity contribution in [3.8, 4) is 0 Å². The highest BCUT2D eigenvalue weighted by Gasteiger charge is 2.38. The number of hydrogen-bond donors (Lipinski definition) is 2. The highest BCUT2D eigenvalue weighted by Crippen LogP contribution is 2.36. The molecule has 32 heavy (non-hydrogen) atoms. The third-order valence-corrected chi connectivity index (χ3v) is 8.79. The number of likely N-dealkylation sites (tertiary alicyclic amines) is 1. The fraction of sp³-hybridized carbons (Fsp3) is 0.708. The van der Waals surface area contributed by atoms with Crippen LogP contribution in [0.2, 0.25) is 0 Å². The quantitative estimate of drug-likeness (QED) is 0.679. The van der Waals surface area contributed by atoms with E-state index in [1.807, 2.05) is 6.92 Å². The van der Waals surface area contributed by atoms with Crippen LogP contribution in [0.4, 0.5) is 5.82 Å². The maximum absolute atomic E-state index is 13.4. The van der Waals surface area contributed by atoms with E-state index in [2.05, 4.69) is 25.5 Å². The molecule has 0 aromatic carbocycles. The summed E-state index contributed by atoms with van der Waals surface area (Å²) >= 11 is 1.48. The third kappa shape index (κ3) is 4.37. The summed E-state index contributed by atoms with van der Waals surface area (Å²) in [5, 5.41) is 7.81. The van der Waals surface area contributed by atoms with Gasteiger partial charge in [0.05, 0.1) is 22.9 Å². The van der Waals surface area contributed by atoms with Crippen molar-refractivity contribution in [2.45, 2.75) is 76.3 Å². The minimum absolute atomic E-state index is 0.0302. The molecule has 2 aliphatic heterocycles. The highest BCUT2D eigenvalue weighted by molar-refractivity contribution is 7.20. The van der Waals surface area contributed by atoms with Crippen LogP contribution in [0.15, 0.2) is 6.33 Å². The van der Waals surface area contributed by atoms with Gasteiger partial charge in [0.2, 0.25) is 0 Å². The number of carbonyl (C=O) groups is 1. The molecule has 2 aromatic rings. The van der Waals surface area contributed by atoms with Gasteiger partial charge in [-0.25, -0.2) is 9.97 Å². The maximum Gasteiger partial charge on any atom is 0.261 e. The molecule has 0 spiro atoms. The van der Waals surface area contributed by atoms with Crippen LogP contribution in [0.25, 0.3) is 10.2 Å². The normalized spacial score (nSPS) is 24.0. The molecule has 2 N–H and O–H groups in total. The minimum atomic E-state index is 0.0302. The summed E-state index contributed by atoms with van der Waals surface area (Å²) in [5.41, 5.74) is 1.11. The second-order valence-electron chi connectivity index (χ2n) is 9.68. The van der Waals surface area contributed by atoms with Crippen molar-refractivity contribution >= 4 is 33.3 Å². The van der Waals surface area contributed by atoms with Gasteiger partial charge in [-0.05, 0) is 57.7 Å². The lowest BCUT2D eigenvalue weighted by Crippen LogP contribution is -2.58. The molecule has 1 atom stereocenters. The summed E-state index contributed by atoms with van der Waals surface area (Å²) in [7, 11) is 0. The van der Waals surface area contributed by atoms with Crippen LogP contribution < -0.4 is 10.6 Å². The van der Waals surface area contributed by atoms with Crippen LogP contribution in [-0.4, -0.2) is 65.2 Å². The van der Waals surface area contributed by atoms with Crippen molar-refractivity contribution in [2.24, 2.45) is 0 Å². The van der Waals surface area contributed by atoms with E-state index < -0.39 is 0 Å². The molecule has 4 heterocycles. The van der Waals surface area contributed by atoms with Crippen molar-refractivity contribution in [3.05, 3.63) is 16.8 Å². The Morgan fingerprint density at radius 1 is 1.19 bits per heavy atom. The molecule has 1 saturated carbocycles. The van der Waals surface area contributed by atoms with E-state index in [0.29, 0.717) is 6.61 Å². The highest BCUT2D eigenvalue weighted by atomic mass is 32.1. The zero-order valence-corrected chi connectivity index (χ0v) is 19.9. The van der Waals surface area contributed by atoms with Crippen LogP contribution in [0.5, 0.6) is 0 Å². The smallest absolute Gasteiger partial charge is 0.261 e. The number of rotatable bonds is 6. The number of anilines is 1. The topological polar surface area (TPSA) is 79.4 Å². The second kappa shape index (κ2) is 9.61. The Kier molecular flexibility index (Phi) is 6.62. The number of carbonyl (C=O) groups excluding carboxylic acids is 1. The number of hydrogen-bond acceptors (Lipinski definition) is 7. The zero-order valence-electron chi connectivity index (χ0n) is 19.1. The van der Waals surface area contributed by atoms with Gasteiger partial charge in [-0.2, -0.15) is 0 Å². The number of nitrogens with zero attached hydrogens (tertiary/aromatic N) is 3. The molecule has 8 heteroatoms. The van der Waals surface area contributed by atoms with Crippen LogP contribution in [0.3, 0.4) is 0 Å². The Morgan fingerprint density at radius 2 is 1.97 bits per heavy atom. The van der Waals surface area contributed by atoms with Gasteiger partial charge in [-0.15, -0.1) is 11.3 Å². The summed E-state index contributed by atoms with van der Waals surface area (Å²) < 4.78 is 5.49. The number of aryl methyl sites for hydroxylation is 1. The van der Waals surface area contributed by atoms with E-state index in [1.165, 1.54) is 75.8 Å². The van der Waals surface area contributed by atoms with E-state index in [1.54, 1.807) is 6.33 Å². The molecule has 5 rings (SSSR count). The number of nitrogens with one attached hydrogen (secondary N) is 2. The zero-order chi connectivity index (χ0) is 22.0. The molecule has 1 unspecified atom stereocenters. The molecular formula is C24H35N5O2S. The number of amides is 1. The first kappa shape index (κ1) is 22.0. The molecule has 7 nitrogen and oxygen atoms in total. The van der Waals surface area contributed by atoms with E-state index in [0.717, 1.165) is 46.0 Å². The van der Waals surface area contributed by atoms with E-state index in [9.17, 15) is 4.79 Å². The van der Waals surface area contributed by atoms with Crippen LogP contribution in [0.1, 0.15) is 73.0 Å². The Hall–Kier alpha value is -1.77. The second-order valence-corrected chi connectivity index (χ2v) is 10.7.